The number of thiophene rings is 1. The van der Waals surface area contributed by atoms with Crippen LogP contribution in [-0.4, -0.2) is 16.5 Å². The molecule has 0 unspecified atom stereocenters. The second-order valence-electron chi connectivity index (χ2n) is 7.54. The van der Waals surface area contributed by atoms with Gasteiger partial charge < -0.3 is 4.90 Å². The first-order valence-electron chi connectivity index (χ1n) is 9.96. The van der Waals surface area contributed by atoms with Crippen LogP contribution < -0.4 is 4.90 Å². The molecule has 0 fully saturated rings. The summed E-state index contributed by atoms with van der Waals surface area (Å²) in [5, 5.41) is 1.36. The van der Waals surface area contributed by atoms with Crippen LogP contribution >= 0.6 is 11.3 Å². The molecule has 0 amide bonds. The largest absolute Gasteiger partial charge is 0.351 e. The lowest BCUT2D eigenvalue weighted by Gasteiger charge is -2.31. The molecule has 0 radical (unpaired) electrons. The minimum absolute atomic E-state index is 0.968. The van der Waals surface area contributed by atoms with E-state index in [-0.39, 0.29) is 0 Å². The molecule has 4 heteroatoms. The van der Waals surface area contributed by atoms with Crippen LogP contribution in [0.3, 0.4) is 0 Å². The van der Waals surface area contributed by atoms with Crippen molar-refractivity contribution >= 4 is 27.4 Å². The van der Waals surface area contributed by atoms with Crippen molar-refractivity contribution in [3.05, 3.63) is 51.7 Å². The normalized spacial score (nSPS) is 16.6. The van der Waals surface area contributed by atoms with Gasteiger partial charge in [-0.3, -0.25) is 0 Å². The monoisotopic (exact) mass is 363 g/mol. The van der Waals surface area contributed by atoms with E-state index in [1.54, 1.807) is 10.4 Å². The predicted molar refractivity (Wildman–Crippen MR) is 109 cm³/mol. The first-order chi connectivity index (χ1) is 12.8. The molecule has 0 N–H and O–H groups in total. The second kappa shape index (κ2) is 6.66. The molecule has 0 spiro atoms. The third-order valence-corrected chi connectivity index (χ3v) is 6.93. The van der Waals surface area contributed by atoms with Crippen LogP contribution in [0, 0.1) is 0 Å². The van der Waals surface area contributed by atoms with Gasteiger partial charge in [0.05, 0.1) is 5.39 Å². The number of aromatic nitrogens is 2. The summed E-state index contributed by atoms with van der Waals surface area (Å²) >= 11 is 1.93. The molecular weight excluding hydrogens is 338 g/mol. The number of aryl methyl sites for hydroxylation is 3. The summed E-state index contributed by atoms with van der Waals surface area (Å²) in [6.07, 6.45) is 8.22. The van der Waals surface area contributed by atoms with E-state index in [0.29, 0.717) is 0 Å². The highest BCUT2D eigenvalue weighted by atomic mass is 32.1. The van der Waals surface area contributed by atoms with Crippen LogP contribution in [0.25, 0.3) is 10.2 Å². The molecule has 1 aliphatic heterocycles. The molecule has 1 aliphatic carbocycles. The highest BCUT2D eigenvalue weighted by molar-refractivity contribution is 7.19. The molecule has 5 rings (SSSR count). The fourth-order valence-corrected chi connectivity index (χ4v) is 5.70. The van der Waals surface area contributed by atoms with E-state index in [4.69, 9.17) is 9.97 Å². The first-order valence-corrected chi connectivity index (χ1v) is 10.8. The highest BCUT2D eigenvalue weighted by Gasteiger charge is 2.25. The topological polar surface area (TPSA) is 29.0 Å². The van der Waals surface area contributed by atoms with Crippen molar-refractivity contribution in [1.29, 1.82) is 0 Å². The summed E-state index contributed by atoms with van der Waals surface area (Å²) in [7, 11) is 0. The highest BCUT2D eigenvalue weighted by Crippen LogP contribution is 2.40. The molecule has 3 heterocycles. The Morgan fingerprint density at radius 1 is 1.04 bits per heavy atom. The van der Waals surface area contributed by atoms with Gasteiger partial charge in [-0.05, 0) is 55.2 Å². The van der Waals surface area contributed by atoms with E-state index in [0.717, 1.165) is 38.2 Å². The molecule has 1 aromatic carbocycles. The Balaban J connectivity index is 1.65. The third-order valence-electron chi connectivity index (χ3n) is 5.75. The molecule has 0 atom stereocenters. The van der Waals surface area contributed by atoms with E-state index in [1.165, 1.54) is 52.8 Å². The maximum absolute atomic E-state index is 5.09. The fourth-order valence-electron chi connectivity index (χ4n) is 4.42. The van der Waals surface area contributed by atoms with Crippen molar-refractivity contribution in [3.63, 3.8) is 0 Å². The molecule has 2 aromatic heterocycles. The smallest absolute Gasteiger partial charge is 0.141 e. The van der Waals surface area contributed by atoms with Gasteiger partial charge in [0.25, 0.3) is 0 Å². The van der Waals surface area contributed by atoms with Crippen LogP contribution in [0.1, 0.15) is 53.6 Å². The van der Waals surface area contributed by atoms with Crippen LogP contribution in [-0.2, 0) is 32.2 Å². The minimum atomic E-state index is 0.968. The summed E-state index contributed by atoms with van der Waals surface area (Å²) in [4.78, 5) is 15.3. The lowest BCUT2D eigenvalue weighted by atomic mass is 9.96. The minimum Gasteiger partial charge on any atom is -0.351 e. The summed E-state index contributed by atoms with van der Waals surface area (Å²) in [5.41, 5.74) is 4.50. The Morgan fingerprint density at radius 2 is 1.88 bits per heavy atom. The SMILES string of the molecule is CCCc1nc(N2CCc3ccccc3C2)c2c3c(sc2n1)CCCC3. The Hall–Kier alpha value is -1.94. The van der Waals surface area contributed by atoms with E-state index in [2.05, 4.69) is 36.1 Å². The van der Waals surface area contributed by atoms with Gasteiger partial charge in [-0.15, -0.1) is 11.3 Å². The Bertz CT molecular complexity index is 959. The zero-order valence-electron chi connectivity index (χ0n) is 15.4. The van der Waals surface area contributed by atoms with Crippen molar-refractivity contribution in [2.24, 2.45) is 0 Å². The lowest BCUT2D eigenvalue weighted by molar-refractivity contribution is 0.696. The lowest BCUT2D eigenvalue weighted by Crippen LogP contribution is -2.31. The van der Waals surface area contributed by atoms with Gasteiger partial charge in [-0.25, -0.2) is 9.97 Å². The van der Waals surface area contributed by atoms with E-state index in [9.17, 15) is 0 Å². The summed E-state index contributed by atoms with van der Waals surface area (Å²) in [6.45, 7) is 4.24. The maximum Gasteiger partial charge on any atom is 0.141 e. The Kier molecular flexibility index (Phi) is 4.16. The number of nitrogens with zero attached hydrogens (tertiary/aromatic N) is 3. The fraction of sp³-hybridized carbons (Fsp3) is 0.455. The van der Waals surface area contributed by atoms with Crippen molar-refractivity contribution in [2.75, 3.05) is 11.4 Å². The molecule has 0 bridgehead atoms. The van der Waals surface area contributed by atoms with E-state index in [1.807, 2.05) is 11.3 Å². The Morgan fingerprint density at radius 3 is 2.77 bits per heavy atom. The molecule has 0 saturated heterocycles. The zero-order chi connectivity index (χ0) is 17.5. The average molecular weight is 364 g/mol. The van der Waals surface area contributed by atoms with Crippen molar-refractivity contribution in [3.8, 4) is 0 Å². The molecule has 134 valence electrons. The molecule has 26 heavy (non-hydrogen) atoms. The maximum atomic E-state index is 5.09. The zero-order valence-corrected chi connectivity index (χ0v) is 16.2. The van der Waals surface area contributed by atoms with Crippen LogP contribution in [0.15, 0.2) is 24.3 Å². The van der Waals surface area contributed by atoms with Gasteiger partial charge >= 0.3 is 0 Å². The number of hydrogen-bond acceptors (Lipinski definition) is 4. The summed E-state index contributed by atoms with van der Waals surface area (Å²) in [6, 6.07) is 8.87. The van der Waals surface area contributed by atoms with Crippen LogP contribution in [0.2, 0.25) is 0 Å². The van der Waals surface area contributed by atoms with Gasteiger partial charge in [0.15, 0.2) is 0 Å². The number of anilines is 1. The average Bonchev–Trinajstić information content (AvgIpc) is 3.05. The van der Waals surface area contributed by atoms with Gasteiger partial charge in [0.1, 0.15) is 16.5 Å². The van der Waals surface area contributed by atoms with E-state index >= 15 is 0 Å². The first kappa shape index (κ1) is 16.2. The Labute approximate surface area is 159 Å². The third kappa shape index (κ3) is 2.71. The molecule has 3 aromatic rings. The van der Waals surface area contributed by atoms with Crippen molar-refractivity contribution in [1.82, 2.24) is 9.97 Å². The summed E-state index contributed by atoms with van der Waals surface area (Å²) < 4.78 is 0. The number of benzene rings is 1. The van der Waals surface area contributed by atoms with Gasteiger partial charge in [0.2, 0.25) is 0 Å². The van der Waals surface area contributed by atoms with Crippen LogP contribution in [0.5, 0.6) is 0 Å². The van der Waals surface area contributed by atoms with Gasteiger partial charge in [0, 0.05) is 24.4 Å². The van der Waals surface area contributed by atoms with E-state index < -0.39 is 0 Å². The van der Waals surface area contributed by atoms with Crippen LogP contribution in [0.4, 0.5) is 5.82 Å². The standard InChI is InChI=1S/C22H25N3S/c1-2-7-19-23-21(25-13-12-15-8-3-4-9-16(15)14-25)20-17-10-5-6-11-18(17)26-22(20)24-19/h3-4,8-9H,2,5-7,10-14H2,1H3. The number of rotatable bonds is 3. The number of hydrogen-bond donors (Lipinski definition) is 0. The molecular formula is C22H25N3S. The van der Waals surface area contributed by atoms with Crippen molar-refractivity contribution < 1.29 is 0 Å². The molecule has 3 nitrogen and oxygen atoms in total. The van der Waals surface area contributed by atoms with Gasteiger partial charge in [-0.2, -0.15) is 0 Å². The quantitative estimate of drug-likeness (QED) is 0.649. The number of fused-ring (bicyclic) bond motifs is 4. The summed E-state index contributed by atoms with van der Waals surface area (Å²) in [5.74, 6) is 2.22. The van der Waals surface area contributed by atoms with Gasteiger partial charge in [-0.1, -0.05) is 31.2 Å². The molecule has 0 saturated carbocycles. The predicted octanol–water partition coefficient (Wildman–Crippen LogP) is 5.09. The second-order valence-corrected chi connectivity index (χ2v) is 8.63. The molecule has 2 aliphatic rings. The van der Waals surface area contributed by atoms with Crippen molar-refractivity contribution in [2.45, 2.75) is 58.4 Å².